The van der Waals surface area contributed by atoms with Gasteiger partial charge in [-0.25, -0.2) is 4.79 Å². The van der Waals surface area contributed by atoms with Gasteiger partial charge < -0.3 is 14.8 Å². The first kappa shape index (κ1) is 18.8. The Morgan fingerprint density at radius 1 is 1.08 bits per heavy atom. The minimum atomic E-state index is -0.960. The van der Waals surface area contributed by atoms with E-state index in [2.05, 4.69) is 5.32 Å². The quantitative estimate of drug-likeness (QED) is 0.812. The molecule has 0 aliphatic rings. The molecule has 0 aromatic heterocycles. The summed E-state index contributed by atoms with van der Waals surface area (Å²) in [5.74, 6) is -0.442. The maximum atomic E-state index is 12.3. The molecule has 1 N–H and O–H groups in total. The van der Waals surface area contributed by atoms with E-state index in [1.54, 1.807) is 36.4 Å². The minimum absolute atomic E-state index is 0.320. The van der Waals surface area contributed by atoms with Crippen LogP contribution in [0.5, 0.6) is 5.75 Å². The van der Waals surface area contributed by atoms with Crippen LogP contribution in [0.1, 0.15) is 28.4 Å². The second kappa shape index (κ2) is 8.03. The highest BCUT2D eigenvalue weighted by Gasteiger charge is 2.20. The molecule has 2 aromatic rings. The van der Waals surface area contributed by atoms with Crippen LogP contribution >= 0.6 is 11.6 Å². The van der Waals surface area contributed by atoms with Gasteiger partial charge in [0.1, 0.15) is 5.75 Å². The molecule has 25 heavy (non-hydrogen) atoms. The molecule has 2 rings (SSSR count). The van der Waals surface area contributed by atoms with Crippen molar-refractivity contribution in [2.75, 3.05) is 12.4 Å². The Kier molecular flexibility index (Phi) is 6.04. The fourth-order valence-corrected chi connectivity index (χ4v) is 2.36. The van der Waals surface area contributed by atoms with E-state index in [0.29, 0.717) is 22.0 Å². The Bertz CT molecular complexity index is 804. The molecule has 0 saturated heterocycles. The van der Waals surface area contributed by atoms with Crippen LogP contribution in [0, 0.1) is 13.8 Å². The van der Waals surface area contributed by atoms with E-state index < -0.39 is 18.0 Å². The average Bonchev–Trinajstić information content (AvgIpc) is 2.58. The Hall–Kier alpha value is -2.53. The van der Waals surface area contributed by atoms with Crippen molar-refractivity contribution in [2.45, 2.75) is 26.9 Å². The first-order valence-electron chi connectivity index (χ1n) is 7.74. The zero-order valence-electron chi connectivity index (χ0n) is 14.6. The molecule has 0 unspecified atom stereocenters. The first-order valence-corrected chi connectivity index (χ1v) is 8.12. The topological polar surface area (TPSA) is 64.6 Å². The number of nitrogens with one attached hydrogen (secondary N) is 1. The van der Waals surface area contributed by atoms with Gasteiger partial charge in [0.25, 0.3) is 5.91 Å². The number of anilines is 1. The molecule has 0 heterocycles. The van der Waals surface area contributed by atoms with Crippen LogP contribution in [-0.4, -0.2) is 25.1 Å². The summed E-state index contributed by atoms with van der Waals surface area (Å²) in [5, 5.41) is 3.23. The number of aryl methyl sites for hydroxylation is 2. The van der Waals surface area contributed by atoms with Crippen LogP contribution in [-0.2, 0) is 9.53 Å². The molecule has 0 aliphatic heterocycles. The van der Waals surface area contributed by atoms with Crippen LogP contribution in [0.4, 0.5) is 5.69 Å². The number of carbonyl (C=O) groups excluding carboxylic acids is 2. The fourth-order valence-electron chi connectivity index (χ4n) is 2.19. The van der Waals surface area contributed by atoms with E-state index in [9.17, 15) is 9.59 Å². The van der Waals surface area contributed by atoms with Crippen molar-refractivity contribution in [2.24, 2.45) is 0 Å². The van der Waals surface area contributed by atoms with E-state index >= 15 is 0 Å². The zero-order valence-corrected chi connectivity index (χ0v) is 15.3. The van der Waals surface area contributed by atoms with Crippen LogP contribution in [0.2, 0.25) is 5.02 Å². The third-order valence-electron chi connectivity index (χ3n) is 3.75. The SMILES string of the molecule is COc1cc(C(=O)O[C@H](C)C(=O)Nc2cc(Cl)ccc2C)ccc1C. The van der Waals surface area contributed by atoms with Crippen molar-refractivity contribution in [1.82, 2.24) is 0 Å². The second-order valence-corrected chi connectivity index (χ2v) is 6.12. The van der Waals surface area contributed by atoms with Gasteiger partial charge in [-0.1, -0.05) is 23.7 Å². The van der Waals surface area contributed by atoms with Crippen molar-refractivity contribution in [3.8, 4) is 5.75 Å². The molecule has 6 heteroatoms. The highest BCUT2D eigenvalue weighted by molar-refractivity contribution is 6.31. The zero-order chi connectivity index (χ0) is 18.6. The highest BCUT2D eigenvalue weighted by Crippen LogP contribution is 2.22. The first-order chi connectivity index (χ1) is 11.8. The van der Waals surface area contributed by atoms with Crippen LogP contribution in [0.25, 0.3) is 0 Å². The molecule has 0 fully saturated rings. The number of benzene rings is 2. The van der Waals surface area contributed by atoms with E-state index in [-0.39, 0.29) is 0 Å². The monoisotopic (exact) mass is 361 g/mol. The van der Waals surface area contributed by atoms with Gasteiger partial charge in [-0.3, -0.25) is 4.79 Å². The van der Waals surface area contributed by atoms with Gasteiger partial charge in [-0.2, -0.15) is 0 Å². The highest BCUT2D eigenvalue weighted by atomic mass is 35.5. The lowest BCUT2D eigenvalue weighted by Crippen LogP contribution is -2.30. The lowest BCUT2D eigenvalue weighted by molar-refractivity contribution is -0.123. The Labute approximate surface area is 151 Å². The molecule has 1 atom stereocenters. The Morgan fingerprint density at radius 3 is 2.44 bits per heavy atom. The summed E-state index contributed by atoms with van der Waals surface area (Å²) >= 11 is 5.94. The van der Waals surface area contributed by atoms with E-state index in [4.69, 9.17) is 21.1 Å². The van der Waals surface area contributed by atoms with Crippen molar-refractivity contribution in [3.63, 3.8) is 0 Å². The number of carbonyl (C=O) groups is 2. The summed E-state index contributed by atoms with van der Waals surface area (Å²) in [7, 11) is 1.53. The number of esters is 1. The van der Waals surface area contributed by atoms with Gasteiger partial charge in [-0.15, -0.1) is 0 Å². The minimum Gasteiger partial charge on any atom is -0.496 e. The van der Waals surface area contributed by atoms with E-state index in [0.717, 1.165) is 11.1 Å². The van der Waals surface area contributed by atoms with Crippen molar-refractivity contribution < 1.29 is 19.1 Å². The van der Waals surface area contributed by atoms with Gasteiger partial charge >= 0.3 is 5.97 Å². The number of hydrogen-bond donors (Lipinski definition) is 1. The molecule has 0 radical (unpaired) electrons. The standard InChI is InChI=1S/C19H20ClNO4/c1-11-6-8-15(20)10-16(11)21-18(22)13(3)25-19(23)14-7-5-12(2)17(9-14)24-4/h5-10,13H,1-4H3,(H,21,22)/t13-/m1/s1. The van der Waals surface area contributed by atoms with Crippen LogP contribution < -0.4 is 10.1 Å². The van der Waals surface area contributed by atoms with Crippen LogP contribution in [0.3, 0.4) is 0 Å². The predicted octanol–water partition coefficient (Wildman–Crippen LogP) is 4.15. The van der Waals surface area contributed by atoms with Gasteiger partial charge in [0, 0.05) is 10.7 Å². The Balaban J connectivity index is 2.05. The number of hydrogen-bond acceptors (Lipinski definition) is 4. The number of amides is 1. The van der Waals surface area contributed by atoms with Gasteiger partial charge in [-0.05, 0) is 56.2 Å². The molecule has 0 saturated carbocycles. The molecule has 132 valence electrons. The van der Waals surface area contributed by atoms with Crippen molar-refractivity contribution >= 4 is 29.2 Å². The summed E-state index contributed by atoms with van der Waals surface area (Å²) in [6.45, 7) is 5.23. The summed E-state index contributed by atoms with van der Waals surface area (Å²) in [5.41, 5.74) is 2.67. The fraction of sp³-hybridized carbons (Fsp3) is 0.263. The molecule has 0 aliphatic carbocycles. The second-order valence-electron chi connectivity index (χ2n) is 5.68. The summed E-state index contributed by atoms with van der Waals surface area (Å²) in [6.07, 6.45) is -0.960. The third-order valence-corrected chi connectivity index (χ3v) is 3.99. The van der Waals surface area contributed by atoms with Gasteiger partial charge in [0.05, 0.1) is 12.7 Å². The maximum absolute atomic E-state index is 12.3. The number of rotatable bonds is 5. The molecular weight excluding hydrogens is 342 g/mol. The van der Waals surface area contributed by atoms with E-state index in [1.807, 2.05) is 13.8 Å². The van der Waals surface area contributed by atoms with E-state index in [1.165, 1.54) is 14.0 Å². The summed E-state index contributed by atoms with van der Waals surface area (Å²) in [4.78, 5) is 24.5. The largest absolute Gasteiger partial charge is 0.496 e. The molecule has 0 bridgehead atoms. The number of halogens is 1. The van der Waals surface area contributed by atoms with Crippen molar-refractivity contribution in [3.05, 3.63) is 58.1 Å². The van der Waals surface area contributed by atoms with Crippen molar-refractivity contribution in [1.29, 1.82) is 0 Å². The average molecular weight is 362 g/mol. The summed E-state index contributed by atoms with van der Waals surface area (Å²) in [6, 6.07) is 10.2. The lowest BCUT2D eigenvalue weighted by Gasteiger charge is -2.15. The summed E-state index contributed by atoms with van der Waals surface area (Å²) < 4.78 is 10.4. The third kappa shape index (κ3) is 4.73. The molecule has 1 amide bonds. The molecule has 2 aromatic carbocycles. The smallest absolute Gasteiger partial charge is 0.339 e. The van der Waals surface area contributed by atoms with Gasteiger partial charge in [0.15, 0.2) is 6.10 Å². The number of ether oxygens (including phenoxy) is 2. The normalized spacial score (nSPS) is 11.6. The molecule has 5 nitrogen and oxygen atoms in total. The maximum Gasteiger partial charge on any atom is 0.339 e. The Morgan fingerprint density at radius 2 is 1.76 bits per heavy atom. The number of methoxy groups -OCH3 is 1. The molecular formula is C19H20ClNO4. The lowest BCUT2D eigenvalue weighted by atomic mass is 10.1. The van der Waals surface area contributed by atoms with Crippen LogP contribution in [0.15, 0.2) is 36.4 Å². The predicted molar refractivity (Wildman–Crippen MR) is 97.4 cm³/mol. The van der Waals surface area contributed by atoms with Gasteiger partial charge in [0.2, 0.25) is 0 Å². The molecule has 0 spiro atoms.